The zero-order valence-electron chi connectivity index (χ0n) is 11.9. The number of likely N-dealkylation sites (N-methyl/N-ethyl adjacent to an activating group) is 1. The molecule has 0 heterocycles. The highest BCUT2D eigenvalue weighted by atomic mass is 79.9. The summed E-state index contributed by atoms with van der Waals surface area (Å²) in [5, 5.41) is 0. The molecule has 0 atom stereocenters. The fourth-order valence-electron chi connectivity index (χ4n) is 1.86. The number of benzene rings is 1. The molecule has 5 heteroatoms. The van der Waals surface area contributed by atoms with Crippen molar-refractivity contribution < 1.29 is 14.3 Å². The van der Waals surface area contributed by atoms with Crippen molar-refractivity contribution in [2.75, 3.05) is 33.9 Å². The van der Waals surface area contributed by atoms with Gasteiger partial charge in [0.2, 0.25) is 0 Å². The number of methoxy groups -OCH3 is 1. The summed E-state index contributed by atoms with van der Waals surface area (Å²) < 4.78 is 11.5. The van der Waals surface area contributed by atoms with Crippen molar-refractivity contribution in [3.05, 3.63) is 28.2 Å². The zero-order chi connectivity index (χ0) is 14.5. The maximum atomic E-state index is 12.2. The molecule has 1 aliphatic carbocycles. The van der Waals surface area contributed by atoms with Gasteiger partial charge in [-0.05, 0) is 52.9 Å². The van der Waals surface area contributed by atoms with Crippen molar-refractivity contribution in [3.63, 3.8) is 0 Å². The summed E-state index contributed by atoms with van der Waals surface area (Å²) in [6, 6.07) is 5.34. The molecule has 110 valence electrons. The van der Waals surface area contributed by atoms with E-state index in [4.69, 9.17) is 9.47 Å². The number of hydrogen-bond acceptors (Lipinski definition) is 3. The first kappa shape index (κ1) is 15.3. The van der Waals surface area contributed by atoms with Gasteiger partial charge in [0.1, 0.15) is 5.75 Å². The molecule has 1 aliphatic rings. The van der Waals surface area contributed by atoms with E-state index >= 15 is 0 Å². The highest BCUT2D eigenvalue weighted by Gasteiger charge is 2.21. The first-order valence-corrected chi connectivity index (χ1v) is 7.58. The smallest absolute Gasteiger partial charge is 0.253 e. The topological polar surface area (TPSA) is 38.8 Å². The van der Waals surface area contributed by atoms with Gasteiger partial charge in [-0.3, -0.25) is 4.79 Å². The minimum Gasteiger partial charge on any atom is -0.496 e. The molecule has 1 fully saturated rings. The van der Waals surface area contributed by atoms with Crippen LogP contribution < -0.4 is 4.74 Å². The number of rotatable bonds is 7. The minimum absolute atomic E-state index is 0.0108. The Morgan fingerprint density at radius 1 is 1.45 bits per heavy atom. The van der Waals surface area contributed by atoms with Gasteiger partial charge in [0.25, 0.3) is 5.91 Å². The van der Waals surface area contributed by atoms with Crippen molar-refractivity contribution in [3.8, 4) is 5.75 Å². The maximum absolute atomic E-state index is 12.2. The number of halogens is 1. The first-order valence-electron chi connectivity index (χ1n) is 6.78. The predicted molar refractivity (Wildman–Crippen MR) is 81.2 cm³/mol. The monoisotopic (exact) mass is 341 g/mol. The molecule has 1 saturated carbocycles. The van der Waals surface area contributed by atoms with Crippen LogP contribution in [0.15, 0.2) is 22.7 Å². The van der Waals surface area contributed by atoms with Crippen LogP contribution in [-0.4, -0.2) is 44.7 Å². The molecule has 0 aromatic heterocycles. The zero-order valence-corrected chi connectivity index (χ0v) is 13.5. The Balaban J connectivity index is 1.83. The lowest BCUT2D eigenvalue weighted by atomic mass is 10.2. The molecule has 20 heavy (non-hydrogen) atoms. The second kappa shape index (κ2) is 7.09. The molecular formula is C15H20BrNO3. The van der Waals surface area contributed by atoms with Gasteiger partial charge < -0.3 is 14.4 Å². The van der Waals surface area contributed by atoms with Crippen LogP contribution in [0.25, 0.3) is 0 Å². The van der Waals surface area contributed by atoms with E-state index in [-0.39, 0.29) is 5.91 Å². The molecule has 0 saturated heterocycles. The van der Waals surface area contributed by atoms with E-state index in [1.165, 1.54) is 12.8 Å². The minimum atomic E-state index is -0.0108. The van der Waals surface area contributed by atoms with Crippen LogP contribution in [0, 0.1) is 5.92 Å². The van der Waals surface area contributed by atoms with Crippen molar-refractivity contribution in [1.82, 2.24) is 4.90 Å². The first-order chi connectivity index (χ1) is 9.61. The molecule has 1 amide bonds. The third-order valence-corrected chi connectivity index (χ3v) is 3.99. The lowest BCUT2D eigenvalue weighted by molar-refractivity contribution is 0.0681. The van der Waals surface area contributed by atoms with Crippen LogP contribution in [-0.2, 0) is 4.74 Å². The summed E-state index contributed by atoms with van der Waals surface area (Å²) in [5.41, 5.74) is 0.641. The van der Waals surface area contributed by atoms with E-state index in [0.717, 1.165) is 22.7 Å². The molecule has 0 unspecified atom stereocenters. The lowest BCUT2D eigenvalue weighted by Crippen LogP contribution is -2.30. The summed E-state index contributed by atoms with van der Waals surface area (Å²) in [7, 11) is 3.39. The van der Waals surface area contributed by atoms with Crippen LogP contribution >= 0.6 is 15.9 Å². The van der Waals surface area contributed by atoms with Crippen molar-refractivity contribution in [1.29, 1.82) is 0 Å². The van der Waals surface area contributed by atoms with E-state index < -0.39 is 0 Å². The van der Waals surface area contributed by atoms with Crippen molar-refractivity contribution in [2.45, 2.75) is 12.8 Å². The highest BCUT2D eigenvalue weighted by molar-refractivity contribution is 9.10. The number of carbonyl (C=O) groups excluding carboxylic acids is 1. The third-order valence-electron chi connectivity index (χ3n) is 3.37. The van der Waals surface area contributed by atoms with Crippen molar-refractivity contribution >= 4 is 21.8 Å². The summed E-state index contributed by atoms with van der Waals surface area (Å²) in [4.78, 5) is 13.9. The molecule has 0 spiro atoms. The van der Waals surface area contributed by atoms with Gasteiger partial charge in [-0.25, -0.2) is 0 Å². The molecule has 0 bridgehead atoms. The Hall–Kier alpha value is -1.07. The Morgan fingerprint density at radius 2 is 2.20 bits per heavy atom. The molecule has 0 radical (unpaired) electrons. The second-order valence-electron chi connectivity index (χ2n) is 5.09. The Morgan fingerprint density at radius 3 is 2.80 bits per heavy atom. The Kier molecular flexibility index (Phi) is 5.43. The fraction of sp³-hybridized carbons (Fsp3) is 0.533. The average Bonchev–Trinajstić information content (AvgIpc) is 3.26. The maximum Gasteiger partial charge on any atom is 0.253 e. The average molecular weight is 342 g/mol. The van der Waals surface area contributed by atoms with Crippen LogP contribution in [0.1, 0.15) is 23.2 Å². The predicted octanol–water partition coefficient (Wildman–Crippen LogP) is 2.96. The summed E-state index contributed by atoms with van der Waals surface area (Å²) in [6.45, 7) is 2.03. The van der Waals surface area contributed by atoms with E-state index in [2.05, 4.69) is 15.9 Å². The van der Waals surface area contributed by atoms with Crippen LogP contribution in [0.3, 0.4) is 0 Å². The van der Waals surface area contributed by atoms with Gasteiger partial charge in [0.05, 0.1) is 18.2 Å². The van der Waals surface area contributed by atoms with Gasteiger partial charge in [-0.2, -0.15) is 0 Å². The SMILES string of the molecule is COc1ccc(C(=O)N(C)CCOCC2CC2)cc1Br. The fourth-order valence-corrected chi connectivity index (χ4v) is 2.40. The summed E-state index contributed by atoms with van der Waals surface area (Å²) in [5.74, 6) is 1.47. The quantitative estimate of drug-likeness (QED) is 0.715. The highest BCUT2D eigenvalue weighted by Crippen LogP contribution is 2.28. The van der Waals surface area contributed by atoms with E-state index in [1.807, 2.05) is 0 Å². The number of hydrogen-bond donors (Lipinski definition) is 0. The van der Waals surface area contributed by atoms with Crippen molar-refractivity contribution in [2.24, 2.45) is 5.92 Å². The molecule has 1 aromatic carbocycles. The molecular weight excluding hydrogens is 322 g/mol. The van der Waals surface area contributed by atoms with Gasteiger partial charge in [0.15, 0.2) is 0 Å². The van der Waals surface area contributed by atoms with Crippen LogP contribution in [0.2, 0.25) is 0 Å². The molecule has 4 nitrogen and oxygen atoms in total. The Labute approximate surface area is 128 Å². The summed E-state index contributed by atoms with van der Waals surface area (Å²) >= 11 is 3.39. The van der Waals surface area contributed by atoms with E-state index in [9.17, 15) is 4.79 Å². The van der Waals surface area contributed by atoms with Gasteiger partial charge >= 0.3 is 0 Å². The van der Waals surface area contributed by atoms with E-state index in [0.29, 0.717) is 18.7 Å². The molecule has 1 aromatic rings. The largest absolute Gasteiger partial charge is 0.496 e. The Bertz CT molecular complexity index is 474. The van der Waals surface area contributed by atoms with Crippen LogP contribution in [0.4, 0.5) is 0 Å². The van der Waals surface area contributed by atoms with Gasteiger partial charge in [-0.15, -0.1) is 0 Å². The van der Waals surface area contributed by atoms with Crippen LogP contribution in [0.5, 0.6) is 5.75 Å². The molecule has 2 rings (SSSR count). The standard InChI is InChI=1S/C15H20BrNO3/c1-17(7-8-20-10-11-3-4-11)15(18)12-5-6-14(19-2)13(16)9-12/h5-6,9,11H,3-4,7-8,10H2,1-2H3. The molecule has 0 N–H and O–H groups in total. The molecule has 0 aliphatic heterocycles. The summed E-state index contributed by atoms with van der Waals surface area (Å²) in [6.07, 6.45) is 2.57. The number of amides is 1. The van der Waals surface area contributed by atoms with Gasteiger partial charge in [0, 0.05) is 25.8 Å². The second-order valence-corrected chi connectivity index (χ2v) is 5.95. The van der Waals surface area contributed by atoms with Gasteiger partial charge in [-0.1, -0.05) is 0 Å². The lowest BCUT2D eigenvalue weighted by Gasteiger charge is -2.17. The normalized spacial score (nSPS) is 14.2. The third kappa shape index (κ3) is 4.21. The van der Waals surface area contributed by atoms with E-state index in [1.54, 1.807) is 37.3 Å². The number of ether oxygens (including phenoxy) is 2. The number of carbonyl (C=O) groups is 1. The number of nitrogens with zero attached hydrogens (tertiary/aromatic N) is 1.